The zero-order valence-corrected chi connectivity index (χ0v) is 12.6. The van der Waals surface area contributed by atoms with Crippen LogP contribution < -0.4 is 10.5 Å². The molecule has 3 rings (SSSR count). The third kappa shape index (κ3) is 2.93. The lowest BCUT2D eigenvalue weighted by Crippen LogP contribution is -2.12. The van der Waals surface area contributed by atoms with Gasteiger partial charge in [-0.3, -0.25) is 9.71 Å². The van der Waals surface area contributed by atoms with Crippen LogP contribution in [0.2, 0.25) is 0 Å². The minimum atomic E-state index is -3.61. The highest BCUT2D eigenvalue weighted by Crippen LogP contribution is 2.37. The third-order valence-electron chi connectivity index (χ3n) is 3.49. The molecule has 6 nitrogen and oxygen atoms in total. The number of nitrogens with one attached hydrogen (secondary N) is 1. The van der Waals surface area contributed by atoms with Crippen LogP contribution in [0.15, 0.2) is 35.6 Å². The number of nitrogens with zero attached hydrogens (tertiary/aromatic N) is 2. The summed E-state index contributed by atoms with van der Waals surface area (Å²) in [4.78, 5) is 4.23. The molecule has 0 aliphatic heterocycles. The van der Waals surface area contributed by atoms with Crippen molar-refractivity contribution in [2.45, 2.75) is 37.2 Å². The van der Waals surface area contributed by atoms with E-state index in [4.69, 9.17) is 5.73 Å². The number of anilines is 1. The van der Waals surface area contributed by atoms with E-state index in [2.05, 4.69) is 9.71 Å². The van der Waals surface area contributed by atoms with E-state index >= 15 is 0 Å². The van der Waals surface area contributed by atoms with E-state index in [1.165, 1.54) is 6.20 Å². The topological polar surface area (TPSA) is 90.0 Å². The molecule has 1 aliphatic carbocycles. The number of hydrogen-bond acceptors (Lipinski definition) is 4. The quantitative estimate of drug-likeness (QED) is 0.881. The SMILES string of the molecule is Cc1cncc(NS(=O)(=O)c2cc(CN)n(C3CC3)c2)c1. The second-order valence-corrected chi connectivity index (χ2v) is 7.05. The lowest BCUT2D eigenvalue weighted by molar-refractivity contribution is 0.600. The lowest BCUT2D eigenvalue weighted by Gasteiger charge is -2.06. The molecule has 0 saturated heterocycles. The van der Waals surface area contributed by atoms with Crippen molar-refractivity contribution in [1.82, 2.24) is 9.55 Å². The minimum Gasteiger partial charge on any atom is -0.346 e. The molecule has 2 heterocycles. The van der Waals surface area contributed by atoms with Crippen LogP contribution in [0.3, 0.4) is 0 Å². The molecular formula is C14H18N4O2S. The first-order valence-electron chi connectivity index (χ1n) is 6.85. The first kappa shape index (κ1) is 14.1. The fraction of sp³-hybridized carbons (Fsp3) is 0.357. The Balaban J connectivity index is 1.91. The van der Waals surface area contributed by atoms with E-state index < -0.39 is 10.0 Å². The van der Waals surface area contributed by atoms with Crippen LogP contribution in [0, 0.1) is 6.92 Å². The van der Waals surface area contributed by atoms with E-state index in [9.17, 15) is 8.42 Å². The van der Waals surface area contributed by atoms with Gasteiger partial charge in [-0.05, 0) is 37.5 Å². The predicted octanol–water partition coefficient (Wildman–Crippen LogP) is 1.79. The standard InChI is InChI=1S/C14H18N4O2S/c1-10-4-11(8-16-7-10)17-21(19,20)14-5-13(6-15)18(9-14)12-2-3-12/h4-5,7-9,12,17H,2-3,6,15H2,1H3. The third-order valence-corrected chi connectivity index (χ3v) is 4.84. The molecule has 0 spiro atoms. The van der Waals surface area contributed by atoms with Crippen LogP contribution >= 0.6 is 0 Å². The van der Waals surface area contributed by atoms with Gasteiger partial charge in [-0.15, -0.1) is 0 Å². The lowest BCUT2D eigenvalue weighted by atomic mass is 10.3. The average molecular weight is 306 g/mol. The Bertz CT molecular complexity index is 763. The van der Waals surface area contributed by atoms with Crippen LogP contribution in [0.5, 0.6) is 0 Å². The molecule has 3 N–H and O–H groups in total. The highest BCUT2D eigenvalue weighted by molar-refractivity contribution is 7.92. The first-order valence-corrected chi connectivity index (χ1v) is 8.33. The van der Waals surface area contributed by atoms with Gasteiger partial charge in [0.1, 0.15) is 4.90 Å². The second kappa shape index (κ2) is 5.16. The van der Waals surface area contributed by atoms with Crippen molar-refractivity contribution in [2.24, 2.45) is 5.73 Å². The van der Waals surface area contributed by atoms with Crippen molar-refractivity contribution in [2.75, 3.05) is 4.72 Å². The number of aromatic nitrogens is 2. The second-order valence-electron chi connectivity index (χ2n) is 5.37. The van der Waals surface area contributed by atoms with Crippen molar-refractivity contribution in [1.29, 1.82) is 0 Å². The van der Waals surface area contributed by atoms with Crippen LogP contribution in [0.4, 0.5) is 5.69 Å². The van der Waals surface area contributed by atoms with E-state index in [-0.39, 0.29) is 4.90 Å². The Morgan fingerprint density at radius 3 is 2.76 bits per heavy atom. The summed E-state index contributed by atoms with van der Waals surface area (Å²) in [5, 5.41) is 0. The van der Waals surface area contributed by atoms with Gasteiger partial charge in [-0.1, -0.05) is 0 Å². The van der Waals surface area contributed by atoms with Crippen LogP contribution in [-0.2, 0) is 16.6 Å². The Morgan fingerprint density at radius 2 is 2.14 bits per heavy atom. The zero-order valence-electron chi connectivity index (χ0n) is 11.8. The summed E-state index contributed by atoms with van der Waals surface area (Å²) in [6, 6.07) is 3.78. The largest absolute Gasteiger partial charge is 0.346 e. The number of pyridine rings is 1. The Labute approximate surface area is 124 Å². The smallest absolute Gasteiger partial charge is 0.263 e. The summed E-state index contributed by atoms with van der Waals surface area (Å²) >= 11 is 0. The molecule has 0 aromatic carbocycles. The van der Waals surface area contributed by atoms with Crippen LogP contribution in [0.1, 0.15) is 30.1 Å². The molecule has 112 valence electrons. The predicted molar refractivity (Wildman–Crippen MR) is 80.4 cm³/mol. The molecule has 0 bridgehead atoms. The Hall–Kier alpha value is -1.86. The van der Waals surface area contributed by atoms with Crippen LogP contribution in [-0.4, -0.2) is 18.0 Å². The summed E-state index contributed by atoms with van der Waals surface area (Å²) in [5.74, 6) is 0. The fourth-order valence-corrected chi connectivity index (χ4v) is 3.41. The minimum absolute atomic E-state index is 0.247. The molecule has 0 amide bonds. The van der Waals surface area contributed by atoms with Crippen molar-refractivity contribution >= 4 is 15.7 Å². The van der Waals surface area contributed by atoms with Crippen molar-refractivity contribution in [3.63, 3.8) is 0 Å². The van der Waals surface area contributed by atoms with E-state index in [0.717, 1.165) is 24.1 Å². The first-order chi connectivity index (χ1) is 9.99. The van der Waals surface area contributed by atoms with Crippen molar-refractivity contribution in [3.05, 3.63) is 42.0 Å². The maximum absolute atomic E-state index is 12.4. The molecule has 0 unspecified atom stereocenters. The molecule has 21 heavy (non-hydrogen) atoms. The zero-order chi connectivity index (χ0) is 15.0. The van der Waals surface area contributed by atoms with Gasteiger partial charge in [0.2, 0.25) is 0 Å². The van der Waals surface area contributed by atoms with Gasteiger partial charge in [-0.2, -0.15) is 0 Å². The van der Waals surface area contributed by atoms with Crippen LogP contribution in [0.25, 0.3) is 0 Å². The van der Waals surface area contributed by atoms with E-state index in [1.807, 2.05) is 11.5 Å². The van der Waals surface area contributed by atoms with E-state index in [0.29, 0.717) is 18.3 Å². The maximum atomic E-state index is 12.4. The highest BCUT2D eigenvalue weighted by Gasteiger charge is 2.27. The van der Waals surface area contributed by atoms with Gasteiger partial charge in [0.05, 0.1) is 11.9 Å². The van der Waals surface area contributed by atoms with Gasteiger partial charge < -0.3 is 10.3 Å². The number of hydrogen-bond donors (Lipinski definition) is 2. The summed E-state index contributed by atoms with van der Waals surface area (Å²) in [6.45, 7) is 2.19. The van der Waals surface area contributed by atoms with Crippen molar-refractivity contribution in [3.8, 4) is 0 Å². The summed E-state index contributed by atoms with van der Waals surface area (Å²) in [5.41, 5.74) is 7.90. The number of nitrogens with two attached hydrogens (primary N) is 1. The molecule has 7 heteroatoms. The molecule has 1 saturated carbocycles. The molecule has 1 aliphatic rings. The molecule has 2 aromatic rings. The number of rotatable bonds is 5. The van der Waals surface area contributed by atoms with Gasteiger partial charge in [0.15, 0.2) is 0 Å². The van der Waals surface area contributed by atoms with Gasteiger partial charge in [0, 0.05) is 30.7 Å². The highest BCUT2D eigenvalue weighted by atomic mass is 32.2. The number of aryl methyl sites for hydroxylation is 1. The number of sulfonamides is 1. The molecule has 0 atom stereocenters. The summed E-state index contributed by atoms with van der Waals surface area (Å²) in [6.07, 6.45) is 7.00. The Morgan fingerprint density at radius 1 is 1.38 bits per heavy atom. The van der Waals surface area contributed by atoms with Crippen molar-refractivity contribution < 1.29 is 8.42 Å². The monoisotopic (exact) mass is 306 g/mol. The fourth-order valence-electron chi connectivity index (χ4n) is 2.32. The van der Waals surface area contributed by atoms with Gasteiger partial charge in [-0.25, -0.2) is 8.42 Å². The molecule has 0 radical (unpaired) electrons. The van der Waals surface area contributed by atoms with Gasteiger partial charge >= 0.3 is 0 Å². The van der Waals surface area contributed by atoms with E-state index in [1.54, 1.807) is 24.5 Å². The Kier molecular flexibility index (Phi) is 3.46. The maximum Gasteiger partial charge on any atom is 0.263 e. The summed E-state index contributed by atoms with van der Waals surface area (Å²) < 4.78 is 29.4. The molecular weight excluding hydrogens is 288 g/mol. The molecule has 2 aromatic heterocycles. The average Bonchev–Trinajstić information content (AvgIpc) is 3.16. The normalized spacial score (nSPS) is 15.1. The van der Waals surface area contributed by atoms with Gasteiger partial charge in [0.25, 0.3) is 10.0 Å². The summed E-state index contributed by atoms with van der Waals surface area (Å²) in [7, 11) is -3.61. The molecule has 1 fully saturated rings.